The van der Waals surface area contributed by atoms with Crippen molar-refractivity contribution in [3.05, 3.63) is 58.3 Å². The van der Waals surface area contributed by atoms with E-state index in [0.29, 0.717) is 27.1 Å². The van der Waals surface area contributed by atoms with Gasteiger partial charge in [0.05, 0.1) is 24.6 Å². The van der Waals surface area contributed by atoms with E-state index in [0.717, 1.165) is 5.39 Å². The molecule has 7 nitrogen and oxygen atoms in total. The maximum atomic E-state index is 12.2. The number of ether oxygens (including phenoxy) is 4. The van der Waals surface area contributed by atoms with Crippen molar-refractivity contribution >= 4 is 38.8 Å². The third-order valence-corrected chi connectivity index (χ3v) is 4.63. The molecule has 0 aliphatic carbocycles. The number of fused-ring (bicyclic) bond motifs is 1. The summed E-state index contributed by atoms with van der Waals surface area (Å²) in [6.45, 7) is 1.65. The molecule has 0 unspecified atom stereocenters. The number of rotatable bonds is 8. The molecule has 0 spiro atoms. The number of carbonyl (C=O) groups is 2. The zero-order valence-corrected chi connectivity index (χ0v) is 17.5. The molecule has 0 bridgehead atoms. The minimum atomic E-state index is -0.655. The minimum Gasteiger partial charge on any atom is -0.495 e. The predicted molar refractivity (Wildman–Crippen MR) is 108 cm³/mol. The Balaban J connectivity index is 1.69. The third-order valence-electron chi connectivity index (χ3n) is 4.01. The van der Waals surface area contributed by atoms with Gasteiger partial charge in [0.15, 0.2) is 0 Å². The van der Waals surface area contributed by atoms with Crippen molar-refractivity contribution in [2.75, 3.05) is 20.5 Å². The summed E-state index contributed by atoms with van der Waals surface area (Å²) in [5, 5.41) is 0.801. The summed E-state index contributed by atoms with van der Waals surface area (Å²) < 4.78 is 27.1. The lowest BCUT2D eigenvalue weighted by atomic mass is 10.1. The number of esters is 2. The quantitative estimate of drug-likeness (QED) is 0.359. The molecule has 0 saturated carbocycles. The first-order valence-corrected chi connectivity index (χ1v) is 9.61. The van der Waals surface area contributed by atoms with E-state index >= 15 is 0 Å². The molecule has 0 radical (unpaired) electrons. The fraction of sp³-hybridized carbons (Fsp3) is 0.238. The van der Waals surface area contributed by atoms with E-state index in [1.54, 1.807) is 31.2 Å². The Morgan fingerprint density at radius 1 is 1.07 bits per heavy atom. The Labute approximate surface area is 175 Å². The molecule has 1 aromatic heterocycles. The summed E-state index contributed by atoms with van der Waals surface area (Å²) in [6.07, 6.45) is 0.00326. The van der Waals surface area contributed by atoms with E-state index in [2.05, 4.69) is 15.9 Å². The standard InChI is InChI=1S/C21H19BrO7/c1-3-26-20(23)10-14-8-15(22)18(25-2)11-17(14)27-12-28-21(24)19-9-13-6-4-5-7-16(13)29-19/h4-9,11H,3,10,12H2,1-2H3. The number of benzene rings is 2. The van der Waals surface area contributed by atoms with Crippen molar-refractivity contribution in [2.45, 2.75) is 13.3 Å². The monoisotopic (exact) mass is 462 g/mol. The highest BCUT2D eigenvalue weighted by molar-refractivity contribution is 9.10. The van der Waals surface area contributed by atoms with Crippen LogP contribution in [0.15, 0.2) is 51.4 Å². The molecule has 29 heavy (non-hydrogen) atoms. The molecule has 0 atom stereocenters. The Bertz CT molecular complexity index is 992. The molecule has 0 fully saturated rings. The van der Waals surface area contributed by atoms with Crippen molar-refractivity contribution in [2.24, 2.45) is 0 Å². The van der Waals surface area contributed by atoms with Gasteiger partial charge in [-0.25, -0.2) is 4.79 Å². The van der Waals surface area contributed by atoms with Crippen LogP contribution in [0.1, 0.15) is 23.0 Å². The Kier molecular flexibility index (Phi) is 6.77. The molecule has 1 heterocycles. The normalized spacial score (nSPS) is 10.6. The maximum absolute atomic E-state index is 12.2. The first-order chi connectivity index (χ1) is 14.0. The van der Waals surface area contributed by atoms with Crippen LogP contribution in [-0.4, -0.2) is 32.4 Å². The van der Waals surface area contributed by atoms with Gasteiger partial charge in [-0.05, 0) is 41.1 Å². The molecular formula is C21H19BrO7. The zero-order chi connectivity index (χ0) is 20.8. The summed E-state index contributed by atoms with van der Waals surface area (Å²) in [7, 11) is 1.51. The number of methoxy groups -OCH3 is 1. The molecule has 0 amide bonds. The third kappa shape index (κ3) is 5.08. The second-order valence-electron chi connectivity index (χ2n) is 5.92. The van der Waals surface area contributed by atoms with Crippen molar-refractivity contribution in [3.8, 4) is 11.5 Å². The van der Waals surface area contributed by atoms with Crippen LogP contribution in [0.25, 0.3) is 11.0 Å². The van der Waals surface area contributed by atoms with Gasteiger partial charge in [-0.3, -0.25) is 4.79 Å². The molecule has 0 saturated heterocycles. The molecule has 3 rings (SSSR count). The van der Waals surface area contributed by atoms with Crippen LogP contribution >= 0.6 is 15.9 Å². The van der Waals surface area contributed by atoms with Crippen LogP contribution in [0.2, 0.25) is 0 Å². The van der Waals surface area contributed by atoms with E-state index in [1.807, 2.05) is 18.2 Å². The molecule has 152 valence electrons. The fourth-order valence-electron chi connectivity index (χ4n) is 2.67. The van der Waals surface area contributed by atoms with Gasteiger partial charge >= 0.3 is 11.9 Å². The number of carbonyl (C=O) groups excluding carboxylic acids is 2. The summed E-state index contributed by atoms with van der Waals surface area (Å²) in [5.41, 5.74) is 1.16. The number of hydrogen-bond acceptors (Lipinski definition) is 7. The Morgan fingerprint density at radius 3 is 2.59 bits per heavy atom. The topological polar surface area (TPSA) is 84.2 Å². The molecule has 0 aliphatic heterocycles. The van der Waals surface area contributed by atoms with Crippen LogP contribution in [0, 0.1) is 0 Å². The van der Waals surface area contributed by atoms with Crippen LogP contribution in [0.5, 0.6) is 11.5 Å². The smallest absolute Gasteiger partial charge is 0.377 e. The van der Waals surface area contributed by atoms with Gasteiger partial charge < -0.3 is 23.4 Å². The van der Waals surface area contributed by atoms with Crippen LogP contribution < -0.4 is 9.47 Å². The van der Waals surface area contributed by atoms with Crippen molar-refractivity contribution < 1.29 is 33.0 Å². The highest BCUT2D eigenvalue weighted by Gasteiger charge is 2.17. The molecule has 0 aliphatic rings. The van der Waals surface area contributed by atoms with Gasteiger partial charge in [0, 0.05) is 17.0 Å². The largest absolute Gasteiger partial charge is 0.495 e. The Morgan fingerprint density at radius 2 is 1.86 bits per heavy atom. The lowest BCUT2D eigenvalue weighted by Crippen LogP contribution is -2.13. The number of para-hydroxylation sites is 1. The van der Waals surface area contributed by atoms with Gasteiger partial charge in [0.2, 0.25) is 12.6 Å². The highest BCUT2D eigenvalue weighted by Crippen LogP contribution is 2.33. The van der Waals surface area contributed by atoms with Crippen LogP contribution in [-0.2, 0) is 20.7 Å². The van der Waals surface area contributed by atoms with Gasteiger partial charge in [-0.1, -0.05) is 18.2 Å². The minimum absolute atomic E-state index is 0.00326. The second kappa shape index (κ2) is 9.47. The second-order valence-corrected chi connectivity index (χ2v) is 6.77. The summed E-state index contributed by atoms with van der Waals surface area (Å²) in [6, 6.07) is 12.2. The molecular weight excluding hydrogens is 444 g/mol. The lowest BCUT2D eigenvalue weighted by molar-refractivity contribution is -0.142. The Hall–Kier alpha value is -3.00. The highest BCUT2D eigenvalue weighted by atomic mass is 79.9. The first kappa shape index (κ1) is 20.7. The number of hydrogen-bond donors (Lipinski definition) is 0. The number of halogens is 1. The van der Waals surface area contributed by atoms with Gasteiger partial charge in [0.25, 0.3) is 0 Å². The number of furan rings is 1. The molecule has 3 aromatic rings. The molecule has 0 N–H and O–H groups in total. The van der Waals surface area contributed by atoms with Crippen molar-refractivity contribution in [3.63, 3.8) is 0 Å². The average Bonchev–Trinajstić information content (AvgIpc) is 3.14. The van der Waals surface area contributed by atoms with E-state index in [9.17, 15) is 9.59 Å². The van der Waals surface area contributed by atoms with Crippen LogP contribution in [0.3, 0.4) is 0 Å². The van der Waals surface area contributed by atoms with Crippen molar-refractivity contribution in [1.29, 1.82) is 0 Å². The van der Waals surface area contributed by atoms with Crippen molar-refractivity contribution in [1.82, 2.24) is 0 Å². The van der Waals surface area contributed by atoms with Gasteiger partial charge in [-0.15, -0.1) is 0 Å². The van der Waals surface area contributed by atoms with E-state index < -0.39 is 11.9 Å². The van der Waals surface area contributed by atoms with E-state index in [-0.39, 0.29) is 25.6 Å². The summed E-state index contributed by atoms with van der Waals surface area (Å²) in [5.74, 6) is -0.118. The maximum Gasteiger partial charge on any atom is 0.377 e. The SMILES string of the molecule is CCOC(=O)Cc1cc(Br)c(OC)cc1OCOC(=O)c1cc2ccccc2o1. The van der Waals surface area contributed by atoms with Gasteiger partial charge in [0.1, 0.15) is 17.1 Å². The molecule has 8 heteroatoms. The van der Waals surface area contributed by atoms with Gasteiger partial charge in [-0.2, -0.15) is 0 Å². The zero-order valence-electron chi connectivity index (χ0n) is 15.9. The lowest BCUT2D eigenvalue weighted by Gasteiger charge is -2.14. The predicted octanol–water partition coefficient (Wildman–Crippen LogP) is 4.50. The van der Waals surface area contributed by atoms with Crippen LogP contribution in [0.4, 0.5) is 0 Å². The molecule has 2 aromatic carbocycles. The first-order valence-electron chi connectivity index (χ1n) is 8.82. The summed E-state index contributed by atoms with van der Waals surface area (Å²) in [4.78, 5) is 24.1. The fourth-order valence-corrected chi connectivity index (χ4v) is 3.23. The summed E-state index contributed by atoms with van der Waals surface area (Å²) >= 11 is 3.38. The van der Waals surface area contributed by atoms with E-state index in [1.165, 1.54) is 7.11 Å². The van der Waals surface area contributed by atoms with E-state index in [4.69, 9.17) is 23.4 Å². The average molecular weight is 463 g/mol.